The summed E-state index contributed by atoms with van der Waals surface area (Å²) in [5.74, 6) is 0. The minimum atomic E-state index is -5.14. The Morgan fingerprint density at radius 3 is 0.476 bits per heavy atom. The van der Waals surface area contributed by atoms with Gasteiger partial charge < -0.3 is 1.43 Å². The van der Waals surface area contributed by atoms with E-state index in [1.165, 1.54) is 0 Å². The van der Waals surface area contributed by atoms with Crippen molar-refractivity contribution in [3.8, 4) is 0 Å². The first kappa shape index (κ1) is 33.5. The molecule has 0 spiro atoms. The molecule has 0 aromatic rings. The van der Waals surface area contributed by atoms with E-state index in [-0.39, 0.29) is 20.3 Å². The third-order valence-corrected chi connectivity index (χ3v) is 0. The van der Waals surface area contributed by atoms with Gasteiger partial charge in [0.1, 0.15) is 0 Å². The van der Waals surface area contributed by atoms with Crippen LogP contribution in [0.15, 0.2) is 0 Å². The van der Waals surface area contributed by atoms with Crippen molar-refractivity contribution in [2.45, 2.75) is 0 Å². The van der Waals surface area contributed by atoms with Gasteiger partial charge in [-0.2, -0.15) is 0 Å². The molecule has 0 unspecified atom stereocenters. The standard InChI is InChI=1S/4FH2O3P.Li.H/c4*1-5(2,3)4;;/h4*(H2,2,3,4);;/q;;;;+1;-1. The monoisotopic (exact) mass is 408 g/mol. The SMILES string of the molecule is O=P(O)(O)F.O=P(O)(O)F.O=P(O)(O)F.O=P(O)(O)F.[H-].[Li+]. The normalized spacial score (nSPS) is 11.2. The van der Waals surface area contributed by atoms with Crippen LogP contribution in [0.4, 0.5) is 16.8 Å². The van der Waals surface area contributed by atoms with Gasteiger partial charge in [-0.1, -0.05) is 0 Å². The predicted octanol–water partition coefficient (Wildman–Crippen LogP) is -2.69. The molecule has 0 rings (SSSR count). The maximum atomic E-state index is 10.4. The maximum absolute atomic E-state index is 10.4. The van der Waals surface area contributed by atoms with Gasteiger partial charge in [-0.05, 0) is 0 Å². The van der Waals surface area contributed by atoms with E-state index < -0.39 is 31.6 Å². The summed E-state index contributed by atoms with van der Waals surface area (Å²) in [5, 5.41) is 0. The molecule has 130 valence electrons. The summed E-state index contributed by atoms with van der Waals surface area (Å²) in [5.41, 5.74) is 0. The molecule has 0 bridgehead atoms. The second-order valence-corrected chi connectivity index (χ2v) is 5.68. The van der Waals surface area contributed by atoms with Crippen LogP contribution in [0, 0.1) is 0 Å². The summed E-state index contributed by atoms with van der Waals surface area (Å²) >= 11 is 0. The van der Waals surface area contributed by atoms with E-state index in [0.29, 0.717) is 0 Å². The first-order valence-electron chi connectivity index (χ1n) is 3.01. The molecule has 0 atom stereocenters. The molecule has 0 saturated heterocycles. The quantitative estimate of drug-likeness (QED) is 0.116. The van der Waals surface area contributed by atoms with Crippen LogP contribution in [-0.2, 0) is 18.3 Å². The Balaban J connectivity index is -0.0000000376. The van der Waals surface area contributed by atoms with Crippen molar-refractivity contribution >= 4 is 31.6 Å². The first-order valence-corrected chi connectivity index (χ1v) is 9.02. The Labute approximate surface area is 127 Å². The number of hydrogen-bond donors (Lipinski definition) is 8. The van der Waals surface area contributed by atoms with Crippen molar-refractivity contribution in [1.29, 1.82) is 0 Å². The van der Waals surface area contributed by atoms with Crippen LogP contribution in [0.1, 0.15) is 1.43 Å². The summed E-state index contributed by atoms with van der Waals surface area (Å²) in [6, 6.07) is 0. The molecule has 0 saturated carbocycles. The zero-order valence-electron chi connectivity index (χ0n) is 10.5. The molecule has 0 amide bonds. The van der Waals surface area contributed by atoms with Gasteiger partial charge in [0.15, 0.2) is 0 Å². The van der Waals surface area contributed by atoms with Crippen LogP contribution >= 0.6 is 31.6 Å². The second-order valence-electron chi connectivity index (χ2n) is 1.89. The van der Waals surface area contributed by atoms with E-state index in [0.717, 1.165) is 0 Å². The van der Waals surface area contributed by atoms with Crippen molar-refractivity contribution < 1.29 is 94.5 Å². The minimum absolute atomic E-state index is 0. The molecule has 0 radical (unpaired) electrons. The largest absolute Gasteiger partial charge is 1.00 e. The molecule has 21 heavy (non-hydrogen) atoms. The van der Waals surface area contributed by atoms with Crippen molar-refractivity contribution in [3.63, 3.8) is 0 Å². The van der Waals surface area contributed by atoms with E-state index in [1.54, 1.807) is 0 Å². The van der Waals surface area contributed by atoms with Crippen molar-refractivity contribution in [2.24, 2.45) is 0 Å². The van der Waals surface area contributed by atoms with E-state index in [9.17, 15) is 16.8 Å². The Bertz CT molecular complexity index is 304. The van der Waals surface area contributed by atoms with E-state index in [4.69, 9.17) is 57.4 Å². The fourth-order valence-electron chi connectivity index (χ4n) is 0. The van der Waals surface area contributed by atoms with E-state index in [1.807, 2.05) is 0 Å². The molecular formula is H9F4LiO12P4. The first-order chi connectivity index (χ1) is 8.00. The average Bonchev–Trinajstić information content (AvgIpc) is 1.62. The van der Waals surface area contributed by atoms with Gasteiger partial charge in [-0.25, -0.2) is 18.3 Å². The van der Waals surface area contributed by atoms with Gasteiger partial charge in [0.05, 0.1) is 0 Å². The van der Waals surface area contributed by atoms with Crippen LogP contribution < -0.4 is 18.9 Å². The van der Waals surface area contributed by atoms with Gasteiger partial charge in [0.2, 0.25) is 0 Å². The zero-order valence-corrected chi connectivity index (χ0v) is 13.1. The van der Waals surface area contributed by atoms with Gasteiger partial charge in [0.25, 0.3) is 0 Å². The van der Waals surface area contributed by atoms with Gasteiger partial charge in [-0.15, -0.1) is 16.8 Å². The molecule has 21 heteroatoms. The summed E-state index contributed by atoms with van der Waals surface area (Å²) in [7, 11) is -20.6. The molecule has 0 aliphatic rings. The Kier molecular flexibility index (Phi) is 21.3. The van der Waals surface area contributed by atoms with Crippen LogP contribution in [-0.4, -0.2) is 39.1 Å². The summed E-state index contributed by atoms with van der Waals surface area (Å²) in [4.78, 5) is 55.7. The third-order valence-electron chi connectivity index (χ3n) is 0. The third kappa shape index (κ3) is 8890. The zero-order chi connectivity index (χ0) is 18.0. The Hall–Kier alpha value is 0.917. The fourth-order valence-corrected chi connectivity index (χ4v) is 0. The fraction of sp³-hybridized carbons (Fsp3) is 0. The predicted molar refractivity (Wildman–Crippen MR) is 53.7 cm³/mol. The molecule has 0 aliphatic carbocycles. The van der Waals surface area contributed by atoms with Crippen LogP contribution in [0.2, 0.25) is 0 Å². The molecule has 0 aromatic carbocycles. The van der Waals surface area contributed by atoms with Crippen LogP contribution in [0.5, 0.6) is 0 Å². The van der Waals surface area contributed by atoms with Crippen molar-refractivity contribution in [1.82, 2.24) is 0 Å². The molecule has 8 N–H and O–H groups in total. The van der Waals surface area contributed by atoms with Gasteiger partial charge >= 0.3 is 50.5 Å². The number of hydrogen-bond acceptors (Lipinski definition) is 4. The summed E-state index contributed by atoms with van der Waals surface area (Å²) < 4.78 is 76.1. The molecule has 0 aliphatic heterocycles. The average molecular weight is 408 g/mol. The molecule has 0 fully saturated rings. The molecular weight excluding hydrogens is 399 g/mol. The molecule has 0 heterocycles. The van der Waals surface area contributed by atoms with Gasteiger partial charge in [0, 0.05) is 0 Å². The van der Waals surface area contributed by atoms with E-state index in [2.05, 4.69) is 0 Å². The summed E-state index contributed by atoms with van der Waals surface area (Å²) in [6.45, 7) is 0. The van der Waals surface area contributed by atoms with E-state index >= 15 is 0 Å². The number of halogens is 4. The van der Waals surface area contributed by atoms with Crippen molar-refractivity contribution in [3.05, 3.63) is 0 Å². The minimum Gasteiger partial charge on any atom is -1.00 e. The van der Waals surface area contributed by atoms with Crippen LogP contribution in [0.25, 0.3) is 0 Å². The maximum Gasteiger partial charge on any atom is 1.00 e. The topological polar surface area (TPSA) is 230 Å². The second kappa shape index (κ2) is 13.4. The number of rotatable bonds is 0. The Morgan fingerprint density at radius 1 is 0.476 bits per heavy atom. The van der Waals surface area contributed by atoms with Crippen molar-refractivity contribution in [2.75, 3.05) is 0 Å². The van der Waals surface area contributed by atoms with Gasteiger partial charge in [-0.3, -0.25) is 39.1 Å². The smallest absolute Gasteiger partial charge is 1.00 e. The Morgan fingerprint density at radius 2 is 0.476 bits per heavy atom. The van der Waals surface area contributed by atoms with Crippen LogP contribution in [0.3, 0.4) is 0 Å². The molecule has 0 aromatic heterocycles. The molecule has 12 nitrogen and oxygen atoms in total. The summed E-state index contributed by atoms with van der Waals surface area (Å²) in [6.07, 6.45) is 0.